The van der Waals surface area contributed by atoms with E-state index in [2.05, 4.69) is 5.32 Å². The molecule has 0 radical (unpaired) electrons. The van der Waals surface area contributed by atoms with Gasteiger partial charge in [0, 0.05) is 12.2 Å². The topological polar surface area (TPSA) is 66.4 Å². The van der Waals surface area contributed by atoms with Crippen molar-refractivity contribution in [3.63, 3.8) is 0 Å². The number of hydrogen-bond donors (Lipinski definition) is 2. The number of fused-ring (bicyclic) bond motifs is 1. The van der Waals surface area contributed by atoms with Crippen molar-refractivity contribution < 1.29 is 44.0 Å². The van der Waals surface area contributed by atoms with Gasteiger partial charge in [-0.25, -0.2) is 0 Å². The van der Waals surface area contributed by atoms with E-state index in [-0.39, 0.29) is 35.9 Å². The summed E-state index contributed by atoms with van der Waals surface area (Å²) in [5.41, 5.74) is 1.51. The average Bonchev–Trinajstić information content (AvgIpc) is 2.15. The standard InChI is InChI=1S/C9H11NO3S.Na.H/c11-14(12,13)9-5-1-4-8-7(9)3-2-6-10-8;;/h1,4-5,10H,2-3,6H2,(H,11,12,13);;/q;+1;-1. The SMILES string of the molecule is O=S(=O)(O)c1cccc2c1CCCN2.[H-].[Na+]. The Kier molecular flexibility index (Phi) is 4.20. The Balaban J connectivity index is 0.00000112. The molecule has 0 saturated carbocycles. The smallest absolute Gasteiger partial charge is 1.00 e. The van der Waals surface area contributed by atoms with Crippen molar-refractivity contribution in [1.29, 1.82) is 0 Å². The van der Waals surface area contributed by atoms with Crippen LogP contribution < -0.4 is 34.9 Å². The van der Waals surface area contributed by atoms with E-state index in [1.54, 1.807) is 6.07 Å². The second kappa shape index (κ2) is 4.84. The number of anilines is 1. The first kappa shape index (κ1) is 13.0. The van der Waals surface area contributed by atoms with Crippen LogP contribution >= 0.6 is 0 Å². The van der Waals surface area contributed by atoms with E-state index in [0.717, 1.165) is 18.7 Å². The van der Waals surface area contributed by atoms with Crippen molar-refractivity contribution in [3.05, 3.63) is 23.8 Å². The van der Waals surface area contributed by atoms with Gasteiger partial charge >= 0.3 is 29.6 Å². The number of nitrogens with one attached hydrogen (secondary N) is 1. The molecule has 0 bridgehead atoms. The van der Waals surface area contributed by atoms with Gasteiger partial charge in [-0.2, -0.15) is 8.42 Å². The Labute approximate surface area is 113 Å². The molecule has 0 saturated heterocycles. The molecule has 0 fully saturated rings. The van der Waals surface area contributed by atoms with Gasteiger partial charge in [0.25, 0.3) is 10.1 Å². The predicted molar refractivity (Wildman–Crippen MR) is 54.2 cm³/mol. The minimum Gasteiger partial charge on any atom is -1.00 e. The average molecular weight is 237 g/mol. The third-order valence-electron chi connectivity index (χ3n) is 2.33. The third kappa shape index (κ3) is 2.73. The molecule has 4 nitrogen and oxygen atoms in total. The molecule has 1 aromatic rings. The molecule has 0 unspecified atom stereocenters. The zero-order valence-electron chi connectivity index (χ0n) is 9.53. The molecule has 0 atom stereocenters. The molecule has 0 aliphatic carbocycles. The summed E-state index contributed by atoms with van der Waals surface area (Å²) in [4.78, 5) is 0.0298. The van der Waals surface area contributed by atoms with Crippen molar-refractivity contribution in [3.8, 4) is 0 Å². The summed E-state index contributed by atoms with van der Waals surface area (Å²) in [7, 11) is -4.08. The van der Waals surface area contributed by atoms with Gasteiger partial charge in [0.1, 0.15) is 0 Å². The van der Waals surface area contributed by atoms with E-state index in [4.69, 9.17) is 4.55 Å². The Morgan fingerprint density at radius 1 is 1.40 bits per heavy atom. The second-order valence-electron chi connectivity index (χ2n) is 3.29. The fraction of sp³-hybridized carbons (Fsp3) is 0.333. The van der Waals surface area contributed by atoms with Crippen molar-refractivity contribution in [1.82, 2.24) is 0 Å². The number of hydrogen-bond acceptors (Lipinski definition) is 3. The van der Waals surface area contributed by atoms with Gasteiger partial charge in [0.2, 0.25) is 0 Å². The fourth-order valence-corrected chi connectivity index (χ4v) is 2.49. The van der Waals surface area contributed by atoms with Crippen molar-refractivity contribution in [2.75, 3.05) is 11.9 Å². The van der Waals surface area contributed by atoms with Crippen molar-refractivity contribution in [2.24, 2.45) is 0 Å². The summed E-state index contributed by atoms with van der Waals surface area (Å²) in [6.45, 7) is 0.849. The summed E-state index contributed by atoms with van der Waals surface area (Å²) in [5, 5.41) is 3.10. The van der Waals surface area contributed by atoms with E-state index < -0.39 is 10.1 Å². The summed E-state index contributed by atoms with van der Waals surface area (Å²) in [6.07, 6.45) is 1.58. The van der Waals surface area contributed by atoms with Crippen LogP contribution in [0.25, 0.3) is 0 Å². The molecule has 1 aliphatic rings. The molecule has 15 heavy (non-hydrogen) atoms. The summed E-state index contributed by atoms with van der Waals surface area (Å²) >= 11 is 0. The zero-order chi connectivity index (χ0) is 10.2. The molecule has 0 spiro atoms. The van der Waals surface area contributed by atoms with Crippen LogP contribution in [0.4, 0.5) is 5.69 Å². The van der Waals surface area contributed by atoms with Gasteiger partial charge < -0.3 is 6.74 Å². The Morgan fingerprint density at radius 2 is 2.13 bits per heavy atom. The van der Waals surface area contributed by atoms with Crippen LogP contribution in [-0.2, 0) is 16.5 Å². The second-order valence-corrected chi connectivity index (χ2v) is 4.68. The Hall–Kier alpha value is -0.0700. The minimum absolute atomic E-state index is 0. The normalized spacial score (nSPS) is 14.7. The van der Waals surface area contributed by atoms with Gasteiger partial charge in [-0.3, -0.25) is 4.55 Å². The first-order valence-corrected chi connectivity index (χ1v) is 5.86. The van der Waals surface area contributed by atoms with Crippen molar-refractivity contribution in [2.45, 2.75) is 17.7 Å². The van der Waals surface area contributed by atoms with Gasteiger partial charge in [-0.05, 0) is 30.5 Å². The number of rotatable bonds is 1. The maximum absolute atomic E-state index is 11.0. The number of benzene rings is 1. The maximum Gasteiger partial charge on any atom is 1.00 e. The molecule has 1 heterocycles. The van der Waals surface area contributed by atoms with E-state index >= 15 is 0 Å². The first-order valence-electron chi connectivity index (χ1n) is 4.42. The van der Waals surface area contributed by atoms with E-state index in [0.29, 0.717) is 12.0 Å². The van der Waals surface area contributed by atoms with Gasteiger partial charge in [0.15, 0.2) is 0 Å². The summed E-state index contributed by atoms with van der Waals surface area (Å²) < 4.78 is 31.1. The largest absolute Gasteiger partial charge is 1.00 e. The first-order chi connectivity index (χ1) is 6.59. The van der Waals surface area contributed by atoms with E-state index in [1.165, 1.54) is 6.07 Å². The van der Waals surface area contributed by atoms with Crippen LogP contribution in [0.3, 0.4) is 0 Å². The predicted octanol–water partition coefficient (Wildman–Crippen LogP) is -1.59. The van der Waals surface area contributed by atoms with Crippen LogP contribution in [0.5, 0.6) is 0 Å². The quantitative estimate of drug-likeness (QED) is 0.456. The van der Waals surface area contributed by atoms with E-state index in [1.807, 2.05) is 6.07 Å². The molecule has 6 heteroatoms. The molecule has 1 aromatic carbocycles. The van der Waals surface area contributed by atoms with Crippen molar-refractivity contribution >= 4 is 15.8 Å². The molecule has 2 N–H and O–H groups in total. The summed E-state index contributed by atoms with van der Waals surface area (Å²) in [5.74, 6) is 0. The van der Waals surface area contributed by atoms with Crippen LogP contribution in [0, 0.1) is 0 Å². The van der Waals surface area contributed by atoms with Crippen LogP contribution in [0.1, 0.15) is 13.4 Å². The maximum atomic E-state index is 11.0. The van der Waals surface area contributed by atoms with Crippen LogP contribution in [0.2, 0.25) is 0 Å². The molecular formula is C9H12NNaO3S. The van der Waals surface area contributed by atoms with Gasteiger partial charge in [-0.15, -0.1) is 0 Å². The monoisotopic (exact) mass is 237 g/mol. The third-order valence-corrected chi connectivity index (χ3v) is 3.27. The van der Waals surface area contributed by atoms with E-state index in [9.17, 15) is 8.42 Å². The van der Waals surface area contributed by atoms with Gasteiger partial charge in [0.05, 0.1) is 4.90 Å². The fourth-order valence-electron chi connectivity index (χ4n) is 1.72. The van der Waals surface area contributed by atoms with Crippen LogP contribution in [-0.4, -0.2) is 19.5 Å². The Morgan fingerprint density at radius 3 is 2.80 bits per heavy atom. The minimum atomic E-state index is -4.08. The molecule has 0 amide bonds. The molecule has 2 rings (SSSR count). The molecule has 1 aliphatic heterocycles. The van der Waals surface area contributed by atoms with Gasteiger partial charge in [-0.1, -0.05) is 6.07 Å². The van der Waals surface area contributed by atoms with Crippen LogP contribution in [0.15, 0.2) is 23.1 Å². The zero-order valence-corrected chi connectivity index (χ0v) is 11.3. The Bertz CT molecular complexity index is 464. The molecule has 0 aromatic heterocycles. The summed E-state index contributed by atoms with van der Waals surface area (Å²) in [6, 6.07) is 4.88. The molecular weight excluding hydrogens is 225 g/mol. The molecule has 78 valence electrons.